The zero-order valence-corrected chi connectivity index (χ0v) is 16.1. The van der Waals surface area contributed by atoms with Crippen LogP contribution < -0.4 is 4.74 Å². The molecule has 2 heterocycles. The van der Waals surface area contributed by atoms with Crippen LogP contribution in [0.5, 0.6) is 5.75 Å². The largest absolute Gasteiger partial charge is 0.480 e. The Morgan fingerprint density at radius 3 is 2.86 bits per heavy atom. The van der Waals surface area contributed by atoms with E-state index in [4.69, 9.17) is 4.74 Å². The topological polar surface area (TPSA) is 101 Å². The van der Waals surface area contributed by atoms with Crippen molar-refractivity contribution >= 4 is 17.4 Å². The van der Waals surface area contributed by atoms with Crippen molar-refractivity contribution in [3.8, 4) is 5.75 Å². The zero-order valence-electron chi connectivity index (χ0n) is 15.2. The van der Waals surface area contributed by atoms with Gasteiger partial charge in [0.1, 0.15) is 18.2 Å². The van der Waals surface area contributed by atoms with Gasteiger partial charge in [0.15, 0.2) is 28.7 Å². The number of benzene rings is 1. The number of hydrogen-bond donors (Lipinski definition) is 0. The lowest BCUT2D eigenvalue weighted by Gasteiger charge is -2.16. The summed E-state index contributed by atoms with van der Waals surface area (Å²) in [6.45, 7) is 5.73. The van der Waals surface area contributed by atoms with E-state index in [1.165, 1.54) is 28.7 Å². The number of hydrogen-bond acceptors (Lipinski definition) is 7. The standard InChI is InChI=1S/C17H16F2N6O3S/c1-3-6-24-16(11(2)28-15-5-4-12(18)7-14(15)19)21-22-17(24)29-10-23-9-13(8-20-23)25(26)27/h3-5,7-9,11H,1,6,10H2,2H3. The van der Waals surface area contributed by atoms with Gasteiger partial charge in [0.2, 0.25) is 0 Å². The minimum Gasteiger partial charge on any atom is -0.480 e. The number of nitrogens with zero attached hydrogens (tertiary/aromatic N) is 6. The summed E-state index contributed by atoms with van der Waals surface area (Å²) in [7, 11) is 0. The van der Waals surface area contributed by atoms with Crippen molar-refractivity contribution in [2.75, 3.05) is 0 Å². The molecule has 1 unspecified atom stereocenters. The Hall–Kier alpha value is -3.28. The monoisotopic (exact) mass is 422 g/mol. The second kappa shape index (κ2) is 8.82. The molecule has 9 nitrogen and oxygen atoms in total. The van der Waals surface area contributed by atoms with Crippen LogP contribution >= 0.6 is 11.8 Å². The Balaban J connectivity index is 1.76. The van der Waals surface area contributed by atoms with Crippen molar-refractivity contribution in [1.82, 2.24) is 24.5 Å². The molecule has 0 saturated carbocycles. The van der Waals surface area contributed by atoms with Gasteiger partial charge in [-0.3, -0.25) is 19.4 Å². The third-order valence-corrected chi connectivity index (χ3v) is 4.73. The van der Waals surface area contributed by atoms with Gasteiger partial charge in [-0.05, 0) is 19.1 Å². The van der Waals surface area contributed by atoms with Gasteiger partial charge in [0, 0.05) is 12.6 Å². The summed E-state index contributed by atoms with van der Waals surface area (Å²) in [5, 5.41) is 23.4. The van der Waals surface area contributed by atoms with Gasteiger partial charge in [-0.2, -0.15) is 5.10 Å². The highest BCUT2D eigenvalue weighted by atomic mass is 32.2. The average molecular weight is 422 g/mol. The van der Waals surface area contributed by atoms with Crippen LogP contribution in [0, 0.1) is 21.7 Å². The Morgan fingerprint density at radius 2 is 2.21 bits per heavy atom. The normalized spacial score (nSPS) is 12.0. The highest BCUT2D eigenvalue weighted by Gasteiger charge is 2.21. The summed E-state index contributed by atoms with van der Waals surface area (Å²) in [6.07, 6.45) is 3.43. The third kappa shape index (κ3) is 4.77. The first kappa shape index (κ1) is 20.5. The molecule has 0 fully saturated rings. The molecule has 3 rings (SSSR count). The molecule has 0 radical (unpaired) electrons. The number of allylic oxidation sites excluding steroid dienone is 1. The van der Waals surface area contributed by atoms with Gasteiger partial charge >= 0.3 is 5.69 Å². The van der Waals surface area contributed by atoms with Gasteiger partial charge in [-0.1, -0.05) is 17.8 Å². The van der Waals surface area contributed by atoms with Crippen LogP contribution in [0.1, 0.15) is 18.9 Å². The Bertz CT molecular complexity index is 1040. The van der Waals surface area contributed by atoms with Gasteiger partial charge in [-0.15, -0.1) is 16.8 Å². The fourth-order valence-corrected chi connectivity index (χ4v) is 3.27. The van der Waals surface area contributed by atoms with Crippen LogP contribution in [0.4, 0.5) is 14.5 Å². The molecule has 1 aromatic carbocycles. The number of rotatable bonds is 9. The van der Waals surface area contributed by atoms with Crippen molar-refractivity contribution < 1.29 is 18.4 Å². The van der Waals surface area contributed by atoms with Crippen LogP contribution in [0.2, 0.25) is 0 Å². The molecule has 152 valence electrons. The molecule has 0 aliphatic heterocycles. The maximum atomic E-state index is 13.9. The lowest BCUT2D eigenvalue weighted by Crippen LogP contribution is -2.13. The van der Waals surface area contributed by atoms with E-state index in [2.05, 4.69) is 21.9 Å². The lowest BCUT2D eigenvalue weighted by molar-refractivity contribution is -0.385. The van der Waals surface area contributed by atoms with E-state index in [0.29, 0.717) is 17.5 Å². The molecule has 2 aromatic heterocycles. The van der Waals surface area contributed by atoms with Crippen LogP contribution in [0.15, 0.2) is 48.4 Å². The van der Waals surface area contributed by atoms with Crippen LogP contribution in [-0.2, 0) is 12.4 Å². The number of halogens is 2. The maximum absolute atomic E-state index is 13.9. The van der Waals surface area contributed by atoms with E-state index >= 15 is 0 Å². The molecule has 0 saturated heterocycles. The van der Waals surface area contributed by atoms with E-state index in [-0.39, 0.29) is 17.3 Å². The minimum atomic E-state index is -0.818. The van der Waals surface area contributed by atoms with E-state index in [1.807, 2.05) is 0 Å². The van der Waals surface area contributed by atoms with E-state index in [1.54, 1.807) is 17.6 Å². The van der Waals surface area contributed by atoms with Crippen molar-refractivity contribution in [3.05, 3.63) is 70.8 Å². The van der Waals surface area contributed by atoms with Gasteiger partial charge in [0.25, 0.3) is 0 Å². The fraction of sp³-hybridized carbons (Fsp3) is 0.235. The molecule has 0 amide bonds. The number of thioether (sulfide) groups is 1. The Morgan fingerprint density at radius 1 is 1.41 bits per heavy atom. The summed E-state index contributed by atoms with van der Waals surface area (Å²) in [6, 6.07) is 3.04. The average Bonchev–Trinajstić information content (AvgIpc) is 3.30. The molecule has 0 aliphatic rings. The van der Waals surface area contributed by atoms with Crippen LogP contribution in [-0.4, -0.2) is 29.5 Å². The van der Waals surface area contributed by atoms with E-state index in [9.17, 15) is 18.9 Å². The van der Waals surface area contributed by atoms with Crippen molar-refractivity contribution in [2.45, 2.75) is 30.6 Å². The fourth-order valence-electron chi connectivity index (χ4n) is 2.46. The molecule has 29 heavy (non-hydrogen) atoms. The number of ether oxygens (including phenoxy) is 1. The SMILES string of the molecule is C=CCn1c(SCn2cc([N+](=O)[O-])cn2)nnc1C(C)Oc1ccc(F)cc1F. The molecular formula is C17H16F2N6O3S. The lowest BCUT2D eigenvalue weighted by atomic mass is 10.3. The summed E-state index contributed by atoms with van der Waals surface area (Å²) in [4.78, 5) is 10.2. The summed E-state index contributed by atoms with van der Waals surface area (Å²) in [5.41, 5.74) is -0.109. The first-order valence-electron chi connectivity index (χ1n) is 8.34. The van der Waals surface area contributed by atoms with E-state index < -0.39 is 22.7 Å². The highest BCUT2D eigenvalue weighted by molar-refractivity contribution is 7.98. The van der Waals surface area contributed by atoms with Gasteiger partial charge < -0.3 is 4.74 Å². The maximum Gasteiger partial charge on any atom is 0.307 e. The molecule has 0 bridgehead atoms. The summed E-state index contributed by atoms with van der Waals surface area (Å²) < 4.78 is 35.6. The number of nitro groups is 1. The van der Waals surface area contributed by atoms with Crippen molar-refractivity contribution in [1.29, 1.82) is 0 Å². The molecule has 3 aromatic rings. The first-order valence-corrected chi connectivity index (χ1v) is 9.33. The van der Waals surface area contributed by atoms with Crippen molar-refractivity contribution in [3.63, 3.8) is 0 Å². The smallest absolute Gasteiger partial charge is 0.307 e. The Labute approximate surface area is 168 Å². The molecule has 0 N–H and O–H groups in total. The number of aromatic nitrogens is 5. The molecular weight excluding hydrogens is 406 g/mol. The Kier molecular flexibility index (Phi) is 6.22. The van der Waals surface area contributed by atoms with E-state index in [0.717, 1.165) is 18.3 Å². The highest BCUT2D eigenvalue weighted by Crippen LogP contribution is 2.27. The van der Waals surface area contributed by atoms with Gasteiger partial charge in [-0.25, -0.2) is 8.78 Å². The quantitative estimate of drug-likeness (QED) is 0.224. The molecule has 0 spiro atoms. The van der Waals surface area contributed by atoms with Crippen molar-refractivity contribution in [2.24, 2.45) is 0 Å². The van der Waals surface area contributed by atoms with Crippen LogP contribution in [0.3, 0.4) is 0 Å². The molecule has 12 heteroatoms. The predicted octanol–water partition coefficient (Wildman–Crippen LogP) is 3.74. The van der Waals surface area contributed by atoms with Gasteiger partial charge in [0.05, 0.1) is 10.8 Å². The van der Waals surface area contributed by atoms with Crippen LogP contribution in [0.25, 0.3) is 0 Å². The first-order chi connectivity index (χ1) is 13.9. The minimum absolute atomic E-state index is 0.106. The summed E-state index contributed by atoms with van der Waals surface area (Å²) >= 11 is 1.26. The molecule has 1 atom stereocenters. The second-order valence-electron chi connectivity index (χ2n) is 5.84. The second-order valence-corrected chi connectivity index (χ2v) is 6.76. The summed E-state index contributed by atoms with van der Waals surface area (Å²) in [5.74, 6) is -0.936. The molecule has 0 aliphatic carbocycles. The third-order valence-electron chi connectivity index (χ3n) is 3.77. The zero-order chi connectivity index (χ0) is 21.0. The predicted molar refractivity (Wildman–Crippen MR) is 100 cm³/mol.